The summed E-state index contributed by atoms with van der Waals surface area (Å²) >= 11 is 12.0. The molecule has 0 fully saturated rings. The van der Waals surface area contributed by atoms with Gasteiger partial charge in [0.25, 0.3) is 0 Å². The van der Waals surface area contributed by atoms with E-state index in [1.165, 1.54) is 39.5 Å². The molecular weight excluding hydrogens is 1260 g/mol. The van der Waals surface area contributed by atoms with Gasteiger partial charge >= 0.3 is 17.9 Å². The fourth-order valence-electron chi connectivity index (χ4n) is 13.6. The summed E-state index contributed by atoms with van der Waals surface area (Å²) in [5.74, 6) is -5.93. The molecule has 0 amide bonds. The monoisotopic (exact) mass is 1330 g/mol. The highest BCUT2D eigenvalue weighted by Gasteiger charge is 2.46. The van der Waals surface area contributed by atoms with Crippen LogP contribution in [0.3, 0.4) is 0 Å². The van der Waals surface area contributed by atoms with Crippen molar-refractivity contribution in [2.24, 2.45) is 0 Å². The first-order valence-electron chi connectivity index (χ1n) is 31.2. The number of rotatable bonds is 15. The molecular formula is C76H72Cl2F3N3O11. The van der Waals surface area contributed by atoms with Crippen LogP contribution in [0, 0.1) is 17.5 Å². The van der Waals surface area contributed by atoms with Crippen LogP contribution in [0.15, 0.2) is 219 Å². The zero-order valence-electron chi connectivity index (χ0n) is 53.3. The molecule has 0 bridgehead atoms. The number of ether oxygens (including phenoxy) is 5. The summed E-state index contributed by atoms with van der Waals surface area (Å²) in [6, 6.07) is 43.6. The summed E-state index contributed by atoms with van der Waals surface area (Å²) in [4.78, 5) is 78.8. The van der Waals surface area contributed by atoms with Gasteiger partial charge < -0.3 is 39.6 Å². The zero-order chi connectivity index (χ0) is 67.6. The van der Waals surface area contributed by atoms with Crippen LogP contribution >= 0.6 is 23.2 Å². The Bertz CT molecular complexity index is 4160. The number of dihydropyridines is 3. The van der Waals surface area contributed by atoms with E-state index in [2.05, 4.69) is 16.0 Å². The van der Waals surface area contributed by atoms with Gasteiger partial charge in [0.2, 0.25) is 0 Å². The third-order valence-electron chi connectivity index (χ3n) is 18.0. The number of carbonyl (C=O) groups is 6. The highest BCUT2D eigenvalue weighted by Crippen LogP contribution is 2.50. The molecule has 6 aromatic carbocycles. The van der Waals surface area contributed by atoms with Crippen molar-refractivity contribution in [3.05, 3.63) is 280 Å². The predicted octanol–water partition coefficient (Wildman–Crippen LogP) is 14.4. The van der Waals surface area contributed by atoms with Gasteiger partial charge in [0.15, 0.2) is 17.3 Å². The molecule has 3 aliphatic carbocycles. The lowest BCUT2D eigenvalue weighted by Gasteiger charge is -2.36. The molecule has 6 unspecified atom stereocenters. The van der Waals surface area contributed by atoms with Gasteiger partial charge in [-0.15, -0.1) is 0 Å². The lowest BCUT2D eigenvalue weighted by Crippen LogP contribution is -2.36. The number of benzene rings is 6. The number of allylic oxidation sites excluding steroid dienone is 9. The van der Waals surface area contributed by atoms with Gasteiger partial charge in [-0.25, -0.2) is 27.6 Å². The summed E-state index contributed by atoms with van der Waals surface area (Å²) in [5, 5.41) is 11.0. The molecule has 6 aliphatic rings. The Hall–Kier alpha value is -9.13. The van der Waals surface area contributed by atoms with Crippen molar-refractivity contribution in [2.75, 3.05) is 47.8 Å². The van der Waals surface area contributed by atoms with E-state index in [9.17, 15) is 41.9 Å². The Labute approximate surface area is 559 Å². The molecule has 0 saturated carbocycles. The van der Waals surface area contributed by atoms with Gasteiger partial charge in [-0.05, 0) is 117 Å². The van der Waals surface area contributed by atoms with Crippen molar-refractivity contribution >= 4 is 58.5 Å². The van der Waals surface area contributed by atoms with Gasteiger partial charge in [0, 0.05) is 111 Å². The number of methoxy groups -OCH3 is 3. The molecule has 3 N–H and O–H groups in total. The molecule has 3 aliphatic heterocycles. The Morgan fingerprint density at radius 3 is 1.00 bits per heavy atom. The average Bonchev–Trinajstić information content (AvgIpc) is 0.766. The van der Waals surface area contributed by atoms with E-state index >= 15 is 0 Å². The van der Waals surface area contributed by atoms with Crippen LogP contribution in [0.2, 0.25) is 10.0 Å². The van der Waals surface area contributed by atoms with Crippen molar-refractivity contribution in [1.29, 1.82) is 0 Å². The highest BCUT2D eigenvalue weighted by molar-refractivity contribution is 6.30. The van der Waals surface area contributed by atoms with Gasteiger partial charge in [-0.3, -0.25) is 14.4 Å². The van der Waals surface area contributed by atoms with E-state index in [0.29, 0.717) is 86.4 Å². The van der Waals surface area contributed by atoms with Gasteiger partial charge in [0.05, 0.1) is 54.8 Å². The molecule has 12 rings (SSSR count). The van der Waals surface area contributed by atoms with Crippen LogP contribution < -0.4 is 16.0 Å². The minimum atomic E-state index is -0.837. The number of nitrogens with one attached hydrogen (secondary N) is 3. The van der Waals surface area contributed by atoms with E-state index in [0.717, 1.165) is 28.1 Å². The molecule has 19 heteroatoms. The van der Waals surface area contributed by atoms with Crippen LogP contribution in [-0.4, -0.2) is 83.0 Å². The van der Waals surface area contributed by atoms with Gasteiger partial charge in [0.1, 0.15) is 30.7 Å². The fraction of sp³-hybridized carbons (Fsp3) is 0.289. The Morgan fingerprint density at radius 2 is 0.695 bits per heavy atom. The van der Waals surface area contributed by atoms with E-state index in [4.69, 9.17) is 46.9 Å². The second-order valence-corrected chi connectivity index (χ2v) is 24.8. The maximum atomic E-state index is 14.9. The standard InChI is InChI=1S/C26H25ClFNO4.C26H26FNO4.C24H21ClFNO3/c1-15-23(26(31)33-12-11-32-2)24(19-5-3-4-6-20(19)28)25-21(29-15)13-17(14-22(25)30)16-7-9-18(27)10-8-16;1-16-23(26(30)32-13-12-31-2)24(19-10-6-7-11-20(19)27)25-21(28-16)14-18(15-22(25)29)17-8-4-3-5-9-17;1-13-21(24(29)30-2)22(17-5-3-4-6-18(17)26)23-19(27-13)11-15(12-20(23)28)14-7-9-16(25)10-8-14/h3-10,17,24,29H,11-14H2,1-2H3;3-11,18,24,28H,12-15H2,1-2H3;3-10,15,22,27H,11-12H2,1-2H3. The van der Waals surface area contributed by atoms with Gasteiger partial charge in [-0.1, -0.05) is 132 Å². The summed E-state index contributed by atoms with van der Waals surface area (Å²) in [6.45, 7) is 5.90. The molecule has 0 radical (unpaired) electrons. The van der Waals surface area contributed by atoms with Gasteiger partial charge in [-0.2, -0.15) is 0 Å². The number of Topliss-reactive ketones (excluding diaryl/α,β-unsaturated/α-hetero) is 3. The Morgan fingerprint density at radius 1 is 0.400 bits per heavy atom. The molecule has 492 valence electrons. The highest BCUT2D eigenvalue weighted by atomic mass is 35.5. The summed E-state index contributed by atoms with van der Waals surface area (Å²) in [7, 11) is 4.31. The normalized spacial score (nSPS) is 20.8. The number of halogens is 5. The van der Waals surface area contributed by atoms with Crippen LogP contribution in [0.1, 0.15) is 128 Å². The number of esters is 3. The van der Waals surface area contributed by atoms with E-state index in [1.54, 1.807) is 87.5 Å². The molecule has 0 spiro atoms. The minimum Gasteiger partial charge on any atom is -0.466 e. The predicted molar refractivity (Wildman–Crippen MR) is 354 cm³/mol. The first-order valence-corrected chi connectivity index (χ1v) is 32.0. The van der Waals surface area contributed by atoms with E-state index in [-0.39, 0.29) is 96.7 Å². The summed E-state index contributed by atoms with van der Waals surface area (Å²) in [5.41, 5.74) is 9.94. The molecule has 6 atom stereocenters. The average molecular weight is 1330 g/mol. The lowest BCUT2D eigenvalue weighted by molar-refractivity contribution is -0.141. The molecule has 14 nitrogen and oxygen atoms in total. The van der Waals surface area contributed by atoms with Crippen molar-refractivity contribution in [3.8, 4) is 0 Å². The van der Waals surface area contributed by atoms with Crippen LogP contribution in [0.25, 0.3) is 0 Å². The molecule has 0 saturated heterocycles. The summed E-state index contributed by atoms with van der Waals surface area (Å²) < 4.78 is 70.3. The number of hydrogen-bond donors (Lipinski definition) is 3. The third kappa shape index (κ3) is 15.2. The second kappa shape index (κ2) is 31.0. The molecule has 95 heavy (non-hydrogen) atoms. The number of hydrogen-bond acceptors (Lipinski definition) is 14. The van der Waals surface area contributed by atoms with Crippen LogP contribution in [0.5, 0.6) is 0 Å². The first kappa shape index (κ1) is 68.7. The summed E-state index contributed by atoms with van der Waals surface area (Å²) in [6.07, 6.45) is 2.61. The Kier molecular flexibility index (Phi) is 22.4. The molecule has 0 aromatic heterocycles. The quantitative estimate of drug-likeness (QED) is 0.0501. The van der Waals surface area contributed by atoms with Crippen molar-refractivity contribution in [1.82, 2.24) is 16.0 Å². The smallest absolute Gasteiger partial charge is 0.336 e. The first-order chi connectivity index (χ1) is 45.8. The number of ketones is 3. The fourth-order valence-corrected chi connectivity index (χ4v) is 13.8. The lowest BCUT2D eigenvalue weighted by atomic mass is 9.71. The van der Waals surface area contributed by atoms with E-state index < -0.39 is 53.1 Å². The van der Waals surface area contributed by atoms with Crippen LogP contribution in [-0.2, 0) is 52.5 Å². The largest absolute Gasteiger partial charge is 0.466 e. The van der Waals surface area contributed by atoms with Crippen molar-refractivity contribution in [2.45, 2.75) is 94.8 Å². The maximum Gasteiger partial charge on any atom is 0.336 e. The zero-order valence-corrected chi connectivity index (χ0v) is 54.9. The maximum absolute atomic E-state index is 14.9. The number of carbonyl (C=O) groups excluding carboxylic acids is 6. The van der Waals surface area contributed by atoms with E-state index in [1.807, 2.05) is 66.7 Å². The Balaban J connectivity index is 0.000000155. The third-order valence-corrected chi connectivity index (χ3v) is 18.5. The second-order valence-electron chi connectivity index (χ2n) is 23.9. The minimum absolute atomic E-state index is 0.0187. The molecule has 3 heterocycles. The topological polar surface area (TPSA) is 185 Å². The van der Waals surface area contributed by atoms with Crippen LogP contribution in [0.4, 0.5) is 13.2 Å². The van der Waals surface area contributed by atoms with Crippen molar-refractivity contribution < 1.29 is 65.6 Å². The molecule has 6 aromatic rings. The SMILES string of the molecule is COC(=O)C1=C(C)NC2=C(C(=O)CC(c3ccc(Cl)cc3)C2)C1c1ccccc1F.COCCOC(=O)C1=C(C)NC2=C(C(=O)CC(c3ccc(Cl)cc3)C2)C1c1ccccc1F.COCCOC(=O)C1=C(C)NC2=C(C(=O)CC(c3ccccc3)C2)C1c1ccccc1F. The van der Waals surface area contributed by atoms with Crippen molar-refractivity contribution in [3.63, 3.8) is 0 Å².